The zero-order chi connectivity index (χ0) is 15.3. The van der Waals surface area contributed by atoms with Gasteiger partial charge in [0.2, 0.25) is 5.82 Å². The summed E-state index contributed by atoms with van der Waals surface area (Å²) < 4.78 is 4.57. The van der Waals surface area contributed by atoms with Crippen LogP contribution in [-0.2, 0) is 4.74 Å². The Labute approximate surface area is 117 Å². The van der Waals surface area contributed by atoms with Crippen molar-refractivity contribution in [2.75, 3.05) is 46.2 Å². The molecule has 0 saturated carbocycles. The van der Waals surface area contributed by atoms with E-state index in [4.69, 9.17) is 0 Å². The second-order valence-corrected chi connectivity index (χ2v) is 4.51. The van der Waals surface area contributed by atoms with E-state index in [9.17, 15) is 14.9 Å². The van der Waals surface area contributed by atoms with Gasteiger partial charge >= 0.3 is 11.7 Å². The van der Waals surface area contributed by atoms with Gasteiger partial charge in [-0.15, -0.1) is 0 Å². The third-order valence-electron chi connectivity index (χ3n) is 2.69. The second kappa shape index (κ2) is 6.80. The van der Waals surface area contributed by atoms with E-state index >= 15 is 0 Å². The van der Waals surface area contributed by atoms with Crippen molar-refractivity contribution in [2.24, 2.45) is 0 Å². The van der Waals surface area contributed by atoms with Crippen molar-refractivity contribution < 1.29 is 14.5 Å². The van der Waals surface area contributed by atoms with E-state index in [0.717, 1.165) is 0 Å². The van der Waals surface area contributed by atoms with Crippen LogP contribution in [0.5, 0.6) is 0 Å². The van der Waals surface area contributed by atoms with Crippen LogP contribution in [0.3, 0.4) is 0 Å². The number of nitrogens with zero attached hydrogens (tertiary/aromatic N) is 4. The molecule has 110 valence electrons. The van der Waals surface area contributed by atoms with Crippen molar-refractivity contribution >= 4 is 17.5 Å². The van der Waals surface area contributed by atoms with Crippen molar-refractivity contribution in [1.29, 1.82) is 0 Å². The van der Waals surface area contributed by atoms with Crippen LogP contribution in [0.4, 0.5) is 11.5 Å². The highest BCUT2D eigenvalue weighted by atomic mass is 16.6. The lowest BCUT2D eigenvalue weighted by Crippen LogP contribution is -2.29. The second-order valence-electron chi connectivity index (χ2n) is 4.51. The molecule has 1 rings (SSSR count). The van der Waals surface area contributed by atoms with Gasteiger partial charge in [0, 0.05) is 26.2 Å². The maximum Gasteiger partial charge on any atom is 0.356 e. The molecule has 8 nitrogen and oxygen atoms in total. The lowest BCUT2D eigenvalue weighted by atomic mass is 10.3. The molecule has 20 heavy (non-hydrogen) atoms. The summed E-state index contributed by atoms with van der Waals surface area (Å²) in [6, 6.07) is 2.55. The van der Waals surface area contributed by atoms with Crippen LogP contribution in [0, 0.1) is 10.1 Å². The van der Waals surface area contributed by atoms with E-state index in [1.54, 1.807) is 11.9 Å². The van der Waals surface area contributed by atoms with Crippen LogP contribution < -0.4 is 4.90 Å². The molecule has 0 fully saturated rings. The molecule has 1 aromatic rings. The van der Waals surface area contributed by atoms with Crippen LogP contribution in [-0.4, -0.2) is 62.1 Å². The average molecular weight is 282 g/mol. The van der Waals surface area contributed by atoms with Gasteiger partial charge in [0.1, 0.15) is 0 Å². The topological polar surface area (TPSA) is 88.8 Å². The number of carbonyl (C=O) groups excluding carboxylic acids is 1. The number of carbonyl (C=O) groups is 1. The Morgan fingerprint density at radius 3 is 2.50 bits per heavy atom. The SMILES string of the molecule is COC(=O)c1ccc([N+](=O)[O-])c(N(C)CCN(C)C)n1. The molecule has 0 aliphatic heterocycles. The lowest BCUT2D eigenvalue weighted by Gasteiger charge is -2.20. The number of methoxy groups -OCH3 is 1. The summed E-state index contributed by atoms with van der Waals surface area (Å²) in [5.41, 5.74) is -0.0938. The fourth-order valence-corrected chi connectivity index (χ4v) is 1.54. The molecule has 0 saturated heterocycles. The van der Waals surface area contributed by atoms with Gasteiger partial charge in [-0.3, -0.25) is 10.1 Å². The average Bonchev–Trinajstić information content (AvgIpc) is 2.42. The van der Waals surface area contributed by atoms with Gasteiger partial charge in [0.05, 0.1) is 12.0 Å². The van der Waals surface area contributed by atoms with Gasteiger partial charge in [-0.05, 0) is 20.2 Å². The molecular weight excluding hydrogens is 264 g/mol. The molecule has 0 aliphatic carbocycles. The van der Waals surface area contributed by atoms with E-state index in [1.807, 2.05) is 19.0 Å². The third-order valence-corrected chi connectivity index (χ3v) is 2.69. The number of nitro groups is 1. The molecule has 0 aromatic carbocycles. The van der Waals surface area contributed by atoms with Gasteiger partial charge in [0.25, 0.3) is 0 Å². The summed E-state index contributed by atoms with van der Waals surface area (Å²) >= 11 is 0. The van der Waals surface area contributed by atoms with Crippen molar-refractivity contribution in [3.05, 3.63) is 27.9 Å². The first-order valence-corrected chi connectivity index (χ1v) is 5.96. The van der Waals surface area contributed by atoms with E-state index in [1.165, 1.54) is 19.2 Å². The zero-order valence-electron chi connectivity index (χ0n) is 12.0. The Morgan fingerprint density at radius 1 is 1.35 bits per heavy atom. The quantitative estimate of drug-likeness (QED) is 0.432. The molecule has 0 spiro atoms. The van der Waals surface area contributed by atoms with E-state index in [2.05, 4.69) is 9.72 Å². The summed E-state index contributed by atoms with van der Waals surface area (Å²) in [6.45, 7) is 1.25. The lowest BCUT2D eigenvalue weighted by molar-refractivity contribution is -0.384. The van der Waals surface area contributed by atoms with Gasteiger partial charge in [-0.1, -0.05) is 0 Å². The van der Waals surface area contributed by atoms with Crippen molar-refractivity contribution in [1.82, 2.24) is 9.88 Å². The largest absolute Gasteiger partial charge is 0.464 e. The highest BCUT2D eigenvalue weighted by Gasteiger charge is 2.21. The summed E-state index contributed by atoms with van der Waals surface area (Å²) in [6.07, 6.45) is 0. The molecule has 0 atom stereocenters. The molecule has 1 aromatic heterocycles. The first kappa shape index (κ1) is 15.8. The Morgan fingerprint density at radius 2 is 2.00 bits per heavy atom. The Hall–Kier alpha value is -2.22. The minimum Gasteiger partial charge on any atom is -0.464 e. The molecule has 0 bridgehead atoms. The van der Waals surface area contributed by atoms with Crippen LogP contribution in [0.15, 0.2) is 12.1 Å². The van der Waals surface area contributed by atoms with Gasteiger partial charge in [-0.2, -0.15) is 0 Å². The van der Waals surface area contributed by atoms with E-state index in [-0.39, 0.29) is 17.2 Å². The number of esters is 1. The normalized spacial score (nSPS) is 10.4. The van der Waals surface area contributed by atoms with Crippen molar-refractivity contribution in [2.45, 2.75) is 0 Å². The van der Waals surface area contributed by atoms with Gasteiger partial charge in [-0.25, -0.2) is 9.78 Å². The minimum atomic E-state index is -0.623. The van der Waals surface area contributed by atoms with Crippen LogP contribution >= 0.6 is 0 Å². The van der Waals surface area contributed by atoms with Gasteiger partial charge in [0.15, 0.2) is 5.69 Å². The standard InChI is InChI=1S/C12H18N4O4/c1-14(2)7-8-15(3)11-10(16(18)19)6-5-9(13-11)12(17)20-4/h5-6H,7-8H2,1-4H3. The number of ether oxygens (including phenoxy) is 1. The molecule has 1 heterocycles. The molecule has 0 unspecified atom stereocenters. The van der Waals surface area contributed by atoms with Crippen molar-refractivity contribution in [3.8, 4) is 0 Å². The summed E-state index contributed by atoms with van der Waals surface area (Å²) in [7, 11) is 6.74. The smallest absolute Gasteiger partial charge is 0.356 e. The molecular formula is C12H18N4O4. The van der Waals surface area contributed by atoms with Crippen molar-refractivity contribution in [3.63, 3.8) is 0 Å². The van der Waals surface area contributed by atoms with E-state index in [0.29, 0.717) is 13.1 Å². The maximum absolute atomic E-state index is 11.5. The molecule has 0 radical (unpaired) electrons. The van der Waals surface area contributed by atoms with Crippen LogP contribution in [0.25, 0.3) is 0 Å². The molecule has 0 N–H and O–H groups in total. The Bertz CT molecular complexity index is 504. The van der Waals surface area contributed by atoms with Crippen LogP contribution in [0.1, 0.15) is 10.5 Å². The third kappa shape index (κ3) is 3.89. The number of aromatic nitrogens is 1. The predicted octanol–water partition coefficient (Wildman–Crippen LogP) is 0.774. The summed E-state index contributed by atoms with van der Waals surface area (Å²) in [4.78, 5) is 29.6. The number of likely N-dealkylation sites (N-methyl/N-ethyl adjacent to an activating group) is 2. The highest BCUT2D eigenvalue weighted by Crippen LogP contribution is 2.25. The zero-order valence-corrected chi connectivity index (χ0v) is 12.0. The number of pyridine rings is 1. The number of anilines is 1. The number of hydrogen-bond donors (Lipinski definition) is 0. The van der Waals surface area contributed by atoms with E-state index < -0.39 is 10.9 Å². The monoisotopic (exact) mass is 282 g/mol. The maximum atomic E-state index is 11.5. The molecule has 8 heteroatoms. The Balaban J connectivity index is 3.11. The fourth-order valence-electron chi connectivity index (χ4n) is 1.54. The highest BCUT2D eigenvalue weighted by molar-refractivity contribution is 5.88. The van der Waals surface area contributed by atoms with Gasteiger partial charge < -0.3 is 14.5 Å². The molecule has 0 aliphatic rings. The number of rotatable bonds is 6. The summed E-state index contributed by atoms with van der Waals surface area (Å²) in [5, 5.41) is 11.0. The first-order valence-electron chi connectivity index (χ1n) is 5.96. The number of hydrogen-bond acceptors (Lipinski definition) is 7. The molecule has 0 amide bonds. The first-order chi connectivity index (χ1) is 9.36. The fraction of sp³-hybridized carbons (Fsp3) is 0.500. The van der Waals surface area contributed by atoms with Crippen LogP contribution in [0.2, 0.25) is 0 Å². The Kier molecular flexibility index (Phi) is 5.39. The minimum absolute atomic E-state index is 0.0461. The predicted molar refractivity (Wildman–Crippen MR) is 74.1 cm³/mol. The summed E-state index contributed by atoms with van der Waals surface area (Å²) in [5.74, 6) is -0.470.